The minimum absolute atomic E-state index is 0.0770. The van der Waals surface area contributed by atoms with Gasteiger partial charge in [-0.1, -0.05) is 11.3 Å². The normalized spacial score (nSPS) is 20.5. The highest BCUT2D eigenvalue weighted by Crippen LogP contribution is 2.37. The lowest BCUT2D eigenvalue weighted by Gasteiger charge is -2.38. The Kier molecular flexibility index (Phi) is 6.33. The van der Waals surface area contributed by atoms with Crippen LogP contribution in [0.5, 0.6) is 5.06 Å². The third-order valence-corrected chi connectivity index (χ3v) is 8.12. The highest BCUT2D eigenvalue weighted by atomic mass is 32.2. The van der Waals surface area contributed by atoms with Crippen LogP contribution >= 0.6 is 11.3 Å². The van der Waals surface area contributed by atoms with Gasteiger partial charge in [0.2, 0.25) is 5.72 Å². The fourth-order valence-corrected chi connectivity index (χ4v) is 6.12. The van der Waals surface area contributed by atoms with Gasteiger partial charge in [0.25, 0.3) is 10.0 Å². The maximum atomic E-state index is 13.4. The molecule has 2 aromatic rings. The summed E-state index contributed by atoms with van der Waals surface area (Å²) in [5, 5.41) is 19.6. The van der Waals surface area contributed by atoms with Crippen molar-refractivity contribution in [3.63, 3.8) is 0 Å². The number of hydrogen-bond acceptors (Lipinski definition) is 6. The summed E-state index contributed by atoms with van der Waals surface area (Å²) in [6.45, 7) is -0.882. The lowest BCUT2D eigenvalue weighted by molar-refractivity contribution is -0.177. The molecule has 1 aromatic carbocycles. The minimum Gasteiger partial charge on any atom is -0.479 e. The van der Waals surface area contributed by atoms with E-state index in [-0.39, 0.29) is 22.2 Å². The van der Waals surface area contributed by atoms with Crippen LogP contribution in [0.3, 0.4) is 0 Å². The van der Waals surface area contributed by atoms with Gasteiger partial charge in [0.1, 0.15) is 16.6 Å². The number of aliphatic carboxylic acids is 1. The van der Waals surface area contributed by atoms with E-state index >= 15 is 0 Å². The van der Waals surface area contributed by atoms with Gasteiger partial charge in [-0.2, -0.15) is 17.5 Å². The van der Waals surface area contributed by atoms with Gasteiger partial charge in [0, 0.05) is 18.5 Å². The van der Waals surface area contributed by atoms with Crippen molar-refractivity contribution in [1.29, 1.82) is 0 Å². The second-order valence-electron chi connectivity index (χ2n) is 6.82. The van der Waals surface area contributed by atoms with Crippen molar-refractivity contribution in [3.05, 3.63) is 47.3 Å². The van der Waals surface area contributed by atoms with E-state index in [1.807, 2.05) is 0 Å². The molecule has 2 N–H and O–H groups in total. The Balaban J connectivity index is 1.83. The number of hydrogen-bond donors (Lipinski definition) is 2. The van der Waals surface area contributed by atoms with Crippen LogP contribution in [-0.4, -0.2) is 41.2 Å². The molecule has 170 valence electrons. The van der Waals surface area contributed by atoms with Gasteiger partial charge in [0.05, 0.1) is 5.56 Å². The number of rotatable bonds is 6. The first-order valence-corrected chi connectivity index (χ1v) is 11.2. The zero-order valence-electron chi connectivity index (χ0n) is 15.7. The summed E-state index contributed by atoms with van der Waals surface area (Å²) in [5.41, 5.74) is -4.15. The number of sulfonamides is 1. The van der Waals surface area contributed by atoms with Crippen molar-refractivity contribution in [1.82, 2.24) is 4.31 Å². The van der Waals surface area contributed by atoms with Gasteiger partial charge in [-0.05, 0) is 43.2 Å². The summed E-state index contributed by atoms with van der Waals surface area (Å²) in [5.74, 6) is -2.59. The Morgan fingerprint density at radius 2 is 1.94 bits per heavy atom. The SMILES string of the molecule is O=C(O)C1(O)CCCCN1S(=O)(=O)c1ccc(OCc2cc(F)ccc2C(F)(F)F)s1. The number of aliphatic hydroxyl groups is 1. The number of nitrogens with zero attached hydrogens (tertiary/aromatic N) is 1. The van der Waals surface area contributed by atoms with E-state index in [2.05, 4.69) is 0 Å². The predicted octanol–water partition coefficient (Wildman–Crippen LogP) is 3.43. The molecule has 1 fully saturated rings. The molecule has 0 aliphatic carbocycles. The van der Waals surface area contributed by atoms with Crippen LogP contribution in [0.2, 0.25) is 0 Å². The molecule has 0 radical (unpaired) electrons. The molecular formula is C18H17F4NO6S2. The first-order chi connectivity index (χ1) is 14.4. The number of thiophene rings is 1. The fraction of sp³-hybridized carbons (Fsp3) is 0.389. The van der Waals surface area contributed by atoms with Gasteiger partial charge in [0.15, 0.2) is 5.06 Å². The maximum Gasteiger partial charge on any atom is 0.416 e. The standard InChI is InChI=1S/C18H17F4NO6S2/c19-12-3-4-13(18(20,21)22)11(9-12)10-29-14-5-6-15(30-14)31(27,28)23-8-2-1-7-17(23,26)16(24)25/h3-6,9,26H,1-2,7-8,10H2,(H,24,25). The molecule has 0 saturated carbocycles. The zero-order chi connectivity index (χ0) is 23.0. The number of halogens is 4. The predicted molar refractivity (Wildman–Crippen MR) is 100 cm³/mol. The monoisotopic (exact) mass is 483 g/mol. The van der Waals surface area contributed by atoms with Gasteiger partial charge in [-0.25, -0.2) is 17.6 Å². The number of carbonyl (C=O) groups is 1. The summed E-state index contributed by atoms with van der Waals surface area (Å²) in [7, 11) is -4.41. The molecule has 7 nitrogen and oxygen atoms in total. The molecule has 31 heavy (non-hydrogen) atoms. The van der Waals surface area contributed by atoms with Gasteiger partial charge in [-0.3, -0.25) is 0 Å². The first kappa shape index (κ1) is 23.4. The quantitative estimate of drug-likeness (QED) is 0.611. The molecule has 1 unspecified atom stereocenters. The van der Waals surface area contributed by atoms with Crippen molar-refractivity contribution in [2.75, 3.05) is 6.54 Å². The molecule has 3 rings (SSSR count). The van der Waals surface area contributed by atoms with E-state index in [0.717, 1.165) is 6.07 Å². The average Bonchev–Trinajstić information content (AvgIpc) is 3.15. The highest BCUT2D eigenvalue weighted by Gasteiger charge is 2.50. The number of carboxylic acid groups (broad SMARTS) is 1. The van der Waals surface area contributed by atoms with E-state index in [1.54, 1.807) is 0 Å². The maximum absolute atomic E-state index is 13.4. The van der Waals surface area contributed by atoms with Crippen LogP contribution < -0.4 is 4.74 Å². The van der Waals surface area contributed by atoms with E-state index in [0.29, 0.717) is 46.7 Å². The van der Waals surface area contributed by atoms with Crippen molar-refractivity contribution in [3.8, 4) is 5.06 Å². The molecule has 1 aromatic heterocycles. The molecule has 0 spiro atoms. The second-order valence-corrected chi connectivity index (χ2v) is 9.95. The number of ether oxygens (including phenoxy) is 1. The van der Waals surface area contributed by atoms with Crippen LogP contribution in [0.1, 0.15) is 30.4 Å². The van der Waals surface area contributed by atoms with Crippen LogP contribution in [0.4, 0.5) is 17.6 Å². The molecular weight excluding hydrogens is 466 g/mol. The van der Waals surface area contributed by atoms with Crippen molar-refractivity contribution >= 4 is 27.3 Å². The van der Waals surface area contributed by atoms with Gasteiger partial charge >= 0.3 is 12.1 Å². The van der Waals surface area contributed by atoms with Crippen molar-refractivity contribution in [2.45, 2.75) is 42.0 Å². The number of alkyl halides is 3. The van der Waals surface area contributed by atoms with Crippen LogP contribution in [-0.2, 0) is 27.6 Å². The Labute approximate surface area is 178 Å². The second kappa shape index (κ2) is 8.37. The van der Waals surface area contributed by atoms with Crippen LogP contribution in [0.15, 0.2) is 34.5 Å². The van der Waals surface area contributed by atoms with Crippen LogP contribution in [0.25, 0.3) is 0 Å². The largest absolute Gasteiger partial charge is 0.479 e. The molecule has 0 amide bonds. The minimum atomic E-state index is -4.73. The summed E-state index contributed by atoms with van der Waals surface area (Å²) in [4.78, 5) is 11.5. The van der Waals surface area contributed by atoms with Crippen LogP contribution in [0, 0.1) is 5.82 Å². The van der Waals surface area contributed by atoms with E-state index in [4.69, 9.17) is 4.74 Å². The van der Waals surface area contributed by atoms with E-state index in [1.165, 1.54) is 6.07 Å². The zero-order valence-corrected chi connectivity index (χ0v) is 17.4. The Bertz CT molecular complexity index is 1080. The molecule has 13 heteroatoms. The van der Waals surface area contributed by atoms with E-state index < -0.39 is 51.4 Å². The van der Waals surface area contributed by atoms with Gasteiger partial charge < -0.3 is 14.9 Å². The van der Waals surface area contributed by atoms with E-state index in [9.17, 15) is 41.0 Å². The summed E-state index contributed by atoms with van der Waals surface area (Å²) in [6.07, 6.45) is -4.34. The molecule has 1 atom stereocenters. The fourth-order valence-electron chi connectivity index (χ4n) is 3.20. The Morgan fingerprint density at radius 1 is 1.23 bits per heavy atom. The molecule has 2 heterocycles. The third-order valence-electron chi connectivity index (χ3n) is 4.74. The Morgan fingerprint density at radius 3 is 2.58 bits per heavy atom. The van der Waals surface area contributed by atoms with Crippen molar-refractivity contribution < 1.29 is 45.7 Å². The summed E-state index contributed by atoms with van der Waals surface area (Å²) >= 11 is 0.552. The molecule has 1 saturated heterocycles. The molecule has 1 aliphatic rings. The highest BCUT2D eigenvalue weighted by molar-refractivity contribution is 7.91. The van der Waals surface area contributed by atoms with Gasteiger partial charge in [-0.15, -0.1) is 0 Å². The first-order valence-electron chi connectivity index (χ1n) is 8.92. The smallest absolute Gasteiger partial charge is 0.416 e. The lowest BCUT2D eigenvalue weighted by Crippen LogP contribution is -2.59. The lowest BCUT2D eigenvalue weighted by atomic mass is 10.0. The average molecular weight is 483 g/mol. The molecule has 0 bridgehead atoms. The number of benzene rings is 1. The summed E-state index contributed by atoms with van der Waals surface area (Å²) < 4.78 is 83.8. The number of piperidine rings is 1. The third kappa shape index (κ3) is 4.68. The molecule has 1 aliphatic heterocycles. The Hall–Kier alpha value is -2.22. The number of carboxylic acids is 1. The summed E-state index contributed by atoms with van der Waals surface area (Å²) in [6, 6.07) is 4.22. The topological polar surface area (TPSA) is 104 Å². The van der Waals surface area contributed by atoms with Crippen molar-refractivity contribution in [2.24, 2.45) is 0 Å².